The lowest BCUT2D eigenvalue weighted by atomic mass is 10.0. The van der Waals surface area contributed by atoms with Crippen LogP contribution in [0.1, 0.15) is 0 Å². The quantitative estimate of drug-likeness (QED) is 0.736. The molecule has 0 bridgehead atoms. The van der Waals surface area contributed by atoms with Gasteiger partial charge in [-0.1, -0.05) is 0 Å². The standard InChI is InChI=1S/C12H20N4/c1-14-6-11-8-16(9-12(11)7-14)5-4-15-3-2-13-10-15/h2-3,10-12H,4-9H2,1H3. The van der Waals surface area contributed by atoms with Crippen LogP contribution >= 0.6 is 0 Å². The molecule has 3 rings (SSSR count). The highest BCUT2D eigenvalue weighted by Gasteiger charge is 2.38. The van der Waals surface area contributed by atoms with E-state index in [1.165, 1.54) is 32.7 Å². The zero-order valence-electron chi connectivity index (χ0n) is 9.92. The maximum Gasteiger partial charge on any atom is 0.0946 e. The molecule has 0 spiro atoms. The highest BCUT2D eigenvalue weighted by atomic mass is 15.2. The van der Waals surface area contributed by atoms with Crippen LogP contribution in [0, 0.1) is 11.8 Å². The fraction of sp³-hybridized carbons (Fsp3) is 0.750. The average molecular weight is 220 g/mol. The third-order valence-electron chi connectivity index (χ3n) is 3.98. The lowest BCUT2D eigenvalue weighted by Crippen LogP contribution is -2.29. The summed E-state index contributed by atoms with van der Waals surface area (Å²) in [5.74, 6) is 1.85. The molecule has 1 aromatic rings. The summed E-state index contributed by atoms with van der Waals surface area (Å²) in [6.07, 6.45) is 5.81. The van der Waals surface area contributed by atoms with Crippen LogP contribution in [-0.2, 0) is 6.54 Å². The Labute approximate surface area is 96.9 Å². The molecule has 2 aliphatic rings. The summed E-state index contributed by atoms with van der Waals surface area (Å²) in [5.41, 5.74) is 0. The Morgan fingerprint density at radius 3 is 2.50 bits per heavy atom. The smallest absolute Gasteiger partial charge is 0.0946 e. The van der Waals surface area contributed by atoms with Crippen molar-refractivity contribution >= 4 is 0 Å². The minimum atomic E-state index is 0.924. The van der Waals surface area contributed by atoms with E-state index >= 15 is 0 Å². The van der Waals surface area contributed by atoms with E-state index in [1.54, 1.807) is 0 Å². The van der Waals surface area contributed by atoms with E-state index in [1.807, 2.05) is 18.7 Å². The summed E-state index contributed by atoms with van der Waals surface area (Å²) in [6, 6.07) is 0. The predicted molar refractivity (Wildman–Crippen MR) is 63.1 cm³/mol. The third kappa shape index (κ3) is 1.99. The van der Waals surface area contributed by atoms with E-state index in [-0.39, 0.29) is 0 Å². The van der Waals surface area contributed by atoms with Crippen molar-refractivity contribution in [2.75, 3.05) is 39.8 Å². The van der Waals surface area contributed by atoms with Crippen molar-refractivity contribution in [1.29, 1.82) is 0 Å². The number of likely N-dealkylation sites (tertiary alicyclic amines) is 2. The van der Waals surface area contributed by atoms with Gasteiger partial charge in [-0.15, -0.1) is 0 Å². The Hall–Kier alpha value is -0.870. The third-order valence-corrected chi connectivity index (χ3v) is 3.98. The van der Waals surface area contributed by atoms with Crippen LogP contribution in [0.5, 0.6) is 0 Å². The number of hydrogen-bond donors (Lipinski definition) is 0. The molecule has 3 heterocycles. The topological polar surface area (TPSA) is 24.3 Å². The van der Waals surface area contributed by atoms with Crippen LogP contribution in [0.3, 0.4) is 0 Å². The van der Waals surface area contributed by atoms with Crippen molar-refractivity contribution < 1.29 is 0 Å². The van der Waals surface area contributed by atoms with Gasteiger partial charge in [-0.05, 0) is 18.9 Å². The lowest BCUT2D eigenvalue weighted by Gasteiger charge is -2.18. The molecular formula is C12H20N4. The second-order valence-corrected chi connectivity index (χ2v) is 5.30. The summed E-state index contributed by atoms with van der Waals surface area (Å²) in [5, 5.41) is 0. The molecule has 4 heteroatoms. The minimum absolute atomic E-state index is 0.924. The molecule has 4 nitrogen and oxygen atoms in total. The summed E-state index contributed by atoms with van der Waals surface area (Å²) < 4.78 is 2.17. The summed E-state index contributed by atoms with van der Waals surface area (Å²) in [6.45, 7) is 7.44. The largest absolute Gasteiger partial charge is 0.336 e. The van der Waals surface area contributed by atoms with E-state index in [0.29, 0.717) is 0 Å². The van der Waals surface area contributed by atoms with Crippen molar-refractivity contribution in [2.24, 2.45) is 11.8 Å². The van der Waals surface area contributed by atoms with Crippen molar-refractivity contribution in [1.82, 2.24) is 19.4 Å². The molecule has 0 saturated carbocycles. The zero-order valence-corrected chi connectivity index (χ0v) is 9.92. The fourth-order valence-corrected chi connectivity index (χ4v) is 3.18. The predicted octanol–water partition coefficient (Wildman–Crippen LogP) is 0.376. The van der Waals surface area contributed by atoms with Gasteiger partial charge in [-0.3, -0.25) is 0 Å². The summed E-state index contributed by atoms with van der Waals surface area (Å²) in [4.78, 5) is 9.16. The van der Waals surface area contributed by atoms with Gasteiger partial charge < -0.3 is 14.4 Å². The van der Waals surface area contributed by atoms with Crippen molar-refractivity contribution in [3.05, 3.63) is 18.7 Å². The number of nitrogens with zero attached hydrogens (tertiary/aromatic N) is 4. The molecule has 88 valence electrons. The Morgan fingerprint density at radius 2 is 1.88 bits per heavy atom. The number of fused-ring (bicyclic) bond motifs is 1. The van der Waals surface area contributed by atoms with Gasteiger partial charge in [0.1, 0.15) is 0 Å². The number of rotatable bonds is 3. The fourth-order valence-electron chi connectivity index (χ4n) is 3.18. The highest BCUT2D eigenvalue weighted by molar-refractivity contribution is 4.91. The Balaban J connectivity index is 1.49. The normalized spacial score (nSPS) is 31.1. The first-order valence-corrected chi connectivity index (χ1v) is 6.18. The van der Waals surface area contributed by atoms with Crippen LogP contribution in [0.25, 0.3) is 0 Å². The maximum absolute atomic E-state index is 4.07. The van der Waals surface area contributed by atoms with E-state index in [0.717, 1.165) is 18.4 Å². The van der Waals surface area contributed by atoms with Gasteiger partial charge in [-0.25, -0.2) is 4.98 Å². The van der Waals surface area contributed by atoms with Gasteiger partial charge in [-0.2, -0.15) is 0 Å². The first-order valence-electron chi connectivity index (χ1n) is 6.18. The minimum Gasteiger partial charge on any atom is -0.336 e. The molecule has 2 fully saturated rings. The van der Waals surface area contributed by atoms with Crippen LogP contribution < -0.4 is 0 Å². The number of aromatic nitrogens is 2. The molecule has 2 atom stereocenters. The molecule has 0 aromatic carbocycles. The van der Waals surface area contributed by atoms with Gasteiger partial charge >= 0.3 is 0 Å². The van der Waals surface area contributed by atoms with Crippen molar-refractivity contribution in [2.45, 2.75) is 6.54 Å². The van der Waals surface area contributed by atoms with E-state index < -0.39 is 0 Å². The van der Waals surface area contributed by atoms with Crippen LogP contribution in [0.4, 0.5) is 0 Å². The van der Waals surface area contributed by atoms with E-state index in [4.69, 9.17) is 0 Å². The first kappa shape index (κ1) is 10.3. The van der Waals surface area contributed by atoms with Crippen molar-refractivity contribution in [3.63, 3.8) is 0 Å². The van der Waals surface area contributed by atoms with E-state index in [9.17, 15) is 0 Å². The first-order chi connectivity index (χ1) is 7.81. The Morgan fingerprint density at radius 1 is 1.12 bits per heavy atom. The van der Waals surface area contributed by atoms with Gasteiger partial charge in [0.25, 0.3) is 0 Å². The Kier molecular flexibility index (Phi) is 2.69. The van der Waals surface area contributed by atoms with Crippen LogP contribution in [0.2, 0.25) is 0 Å². The monoisotopic (exact) mass is 220 g/mol. The van der Waals surface area contributed by atoms with Crippen molar-refractivity contribution in [3.8, 4) is 0 Å². The molecule has 1 aromatic heterocycles. The molecule has 0 N–H and O–H groups in total. The average Bonchev–Trinajstić information content (AvgIpc) is 2.88. The zero-order chi connectivity index (χ0) is 11.0. The lowest BCUT2D eigenvalue weighted by molar-refractivity contribution is 0.269. The molecular weight excluding hydrogens is 200 g/mol. The molecule has 0 aliphatic carbocycles. The van der Waals surface area contributed by atoms with Gasteiger partial charge in [0, 0.05) is 51.7 Å². The molecule has 0 amide bonds. The second kappa shape index (κ2) is 4.18. The summed E-state index contributed by atoms with van der Waals surface area (Å²) >= 11 is 0. The maximum atomic E-state index is 4.07. The van der Waals surface area contributed by atoms with E-state index in [2.05, 4.69) is 26.4 Å². The van der Waals surface area contributed by atoms with Gasteiger partial charge in [0.05, 0.1) is 6.33 Å². The van der Waals surface area contributed by atoms with Gasteiger partial charge in [0.2, 0.25) is 0 Å². The Bertz CT molecular complexity index is 321. The SMILES string of the molecule is CN1CC2CN(CCn3ccnc3)CC2C1. The number of imidazole rings is 1. The van der Waals surface area contributed by atoms with Crippen LogP contribution in [-0.4, -0.2) is 59.1 Å². The number of hydrogen-bond acceptors (Lipinski definition) is 3. The molecule has 2 aliphatic heterocycles. The van der Waals surface area contributed by atoms with Crippen LogP contribution in [0.15, 0.2) is 18.7 Å². The highest BCUT2D eigenvalue weighted by Crippen LogP contribution is 2.29. The molecule has 2 saturated heterocycles. The van der Waals surface area contributed by atoms with Gasteiger partial charge in [0.15, 0.2) is 0 Å². The second-order valence-electron chi connectivity index (χ2n) is 5.30. The summed E-state index contributed by atoms with van der Waals surface area (Å²) in [7, 11) is 2.24. The molecule has 0 radical (unpaired) electrons. The molecule has 16 heavy (non-hydrogen) atoms. The molecule has 2 unspecified atom stereocenters.